The minimum Gasteiger partial charge on any atom is -0.390 e. The van der Waals surface area contributed by atoms with Crippen LogP contribution in [-0.2, 0) is 0 Å². The number of hydrogen-bond donors (Lipinski definition) is 4. The molecule has 0 unspecified atom stereocenters. The molecule has 140 valence electrons. The zero-order chi connectivity index (χ0) is 18.6. The number of anilines is 1. The van der Waals surface area contributed by atoms with Crippen molar-refractivity contribution in [3.63, 3.8) is 0 Å². The van der Waals surface area contributed by atoms with Gasteiger partial charge in [0.15, 0.2) is 0 Å². The second-order valence-corrected chi connectivity index (χ2v) is 7.84. The van der Waals surface area contributed by atoms with E-state index in [1.807, 2.05) is 35.0 Å². The maximum atomic E-state index is 10.9. The van der Waals surface area contributed by atoms with Crippen molar-refractivity contribution in [3.05, 3.63) is 54.5 Å². The van der Waals surface area contributed by atoms with Gasteiger partial charge in [0, 0.05) is 24.2 Å². The zero-order valence-corrected chi connectivity index (χ0v) is 14.9. The number of nitrogen functional groups attached to an aromatic ring is 1. The topological polar surface area (TPSA) is 109 Å². The highest BCUT2D eigenvalue weighted by Gasteiger charge is 2.56. The van der Waals surface area contributed by atoms with Crippen LogP contribution in [0.15, 0.2) is 48.9 Å². The van der Waals surface area contributed by atoms with E-state index in [2.05, 4.69) is 27.4 Å². The molecule has 0 radical (unpaired) electrons. The summed E-state index contributed by atoms with van der Waals surface area (Å²) in [7, 11) is 0. The third kappa shape index (κ3) is 2.46. The summed E-state index contributed by atoms with van der Waals surface area (Å²) in [4.78, 5) is 8.37. The van der Waals surface area contributed by atoms with Gasteiger partial charge in [-0.15, -0.1) is 0 Å². The first-order valence-corrected chi connectivity index (χ1v) is 9.30. The highest BCUT2D eigenvalue weighted by Crippen LogP contribution is 2.52. The lowest BCUT2D eigenvalue weighted by atomic mass is 9.80. The molecule has 5 atom stereocenters. The van der Waals surface area contributed by atoms with Crippen LogP contribution in [0.4, 0.5) is 5.82 Å². The molecule has 3 heterocycles. The summed E-state index contributed by atoms with van der Waals surface area (Å²) in [6.45, 7) is 0.678. The van der Waals surface area contributed by atoms with E-state index in [-0.39, 0.29) is 17.5 Å². The number of rotatable bonds is 2. The maximum absolute atomic E-state index is 10.9. The second kappa shape index (κ2) is 6.02. The average Bonchev–Trinajstić information content (AvgIpc) is 3.37. The Hall–Kier alpha value is -2.48. The zero-order valence-electron chi connectivity index (χ0n) is 14.9. The summed E-state index contributed by atoms with van der Waals surface area (Å²) >= 11 is 0. The van der Waals surface area contributed by atoms with Crippen LogP contribution >= 0.6 is 0 Å². The molecule has 7 nitrogen and oxygen atoms in total. The molecular weight excluding hydrogens is 342 g/mol. The Balaban J connectivity index is 1.47. The fourth-order valence-electron chi connectivity index (χ4n) is 4.93. The van der Waals surface area contributed by atoms with Gasteiger partial charge in [-0.2, -0.15) is 0 Å². The number of aliphatic hydroxyl groups is 2. The van der Waals surface area contributed by atoms with Gasteiger partial charge < -0.3 is 25.8 Å². The first-order valence-electron chi connectivity index (χ1n) is 9.30. The molecule has 1 aromatic carbocycles. The lowest BCUT2D eigenvalue weighted by molar-refractivity contribution is -0.0218. The minimum atomic E-state index is -0.854. The van der Waals surface area contributed by atoms with Gasteiger partial charge in [-0.3, -0.25) is 0 Å². The Labute approximate surface area is 156 Å². The Bertz CT molecular complexity index is 975. The quantitative estimate of drug-likeness (QED) is 0.547. The van der Waals surface area contributed by atoms with Crippen molar-refractivity contribution in [1.82, 2.24) is 19.9 Å². The lowest BCUT2D eigenvalue weighted by Crippen LogP contribution is -2.38. The van der Waals surface area contributed by atoms with Crippen LogP contribution in [0.5, 0.6) is 0 Å². The van der Waals surface area contributed by atoms with E-state index in [0.29, 0.717) is 24.4 Å². The van der Waals surface area contributed by atoms with E-state index in [1.165, 1.54) is 11.9 Å². The molecule has 1 saturated heterocycles. The molecule has 1 aliphatic carbocycles. The van der Waals surface area contributed by atoms with E-state index < -0.39 is 12.2 Å². The summed E-state index contributed by atoms with van der Waals surface area (Å²) in [5.74, 6) is 0.424. The number of aromatic nitrogens is 3. The van der Waals surface area contributed by atoms with E-state index in [9.17, 15) is 10.2 Å². The van der Waals surface area contributed by atoms with E-state index in [4.69, 9.17) is 5.73 Å². The smallest absolute Gasteiger partial charge is 0.145 e. The Morgan fingerprint density at radius 1 is 1.11 bits per heavy atom. The molecule has 2 fully saturated rings. The fraction of sp³-hybridized carbons (Fsp3) is 0.400. The van der Waals surface area contributed by atoms with Crippen molar-refractivity contribution in [3.8, 4) is 0 Å². The van der Waals surface area contributed by atoms with Crippen LogP contribution in [0, 0.1) is 5.41 Å². The van der Waals surface area contributed by atoms with Crippen molar-refractivity contribution in [2.75, 3.05) is 12.3 Å². The Morgan fingerprint density at radius 3 is 2.74 bits per heavy atom. The highest BCUT2D eigenvalue weighted by molar-refractivity contribution is 5.86. The number of fused-ring (bicyclic) bond motifs is 1. The number of nitrogens with zero attached hydrogens (tertiary/aromatic N) is 3. The predicted octanol–water partition coefficient (Wildman–Crippen LogP) is 1.40. The highest BCUT2D eigenvalue weighted by atomic mass is 16.3. The van der Waals surface area contributed by atoms with Gasteiger partial charge in [0.25, 0.3) is 0 Å². The Kier molecular flexibility index (Phi) is 3.72. The summed E-state index contributed by atoms with van der Waals surface area (Å²) < 4.78 is 1.94. The number of nitrogens with two attached hydrogens (primary N) is 1. The predicted molar refractivity (Wildman–Crippen MR) is 102 cm³/mol. The van der Waals surface area contributed by atoms with Crippen LogP contribution in [0.2, 0.25) is 0 Å². The summed E-state index contributed by atoms with van der Waals surface area (Å²) in [5.41, 5.74) is 7.49. The largest absolute Gasteiger partial charge is 0.390 e. The van der Waals surface area contributed by atoms with Gasteiger partial charge >= 0.3 is 0 Å². The molecular formula is C20H23N5O2. The molecule has 27 heavy (non-hydrogen) atoms. The van der Waals surface area contributed by atoms with Crippen LogP contribution < -0.4 is 11.1 Å². The first kappa shape index (κ1) is 16.7. The number of benzene rings is 1. The number of nitrogens with one attached hydrogen (secondary N) is 1. The van der Waals surface area contributed by atoms with Crippen LogP contribution in [0.3, 0.4) is 0 Å². The van der Waals surface area contributed by atoms with E-state index in [0.717, 1.165) is 11.8 Å². The van der Waals surface area contributed by atoms with Gasteiger partial charge in [-0.25, -0.2) is 9.97 Å². The van der Waals surface area contributed by atoms with Gasteiger partial charge in [0.2, 0.25) is 0 Å². The molecule has 2 aliphatic rings. The van der Waals surface area contributed by atoms with Gasteiger partial charge in [0.05, 0.1) is 17.5 Å². The molecule has 3 aromatic rings. The van der Waals surface area contributed by atoms with Crippen LogP contribution in [-0.4, -0.2) is 43.5 Å². The summed E-state index contributed by atoms with van der Waals surface area (Å²) in [6.07, 6.45) is 3.14. The Morgan fingerprint density at radius 2 is 1.93 bits per heavy atom. The fourth-order valence-corrected chi connectivity index (χ4v) is 4.93. The third-order valence-electron chi connectivity index (χ3n) is 6.37. The van der Waals surface area contributed by atoms with Crippen molar-refractivity contribution in [1.29, 1.82) is 0 Å². The van der Waals surface area contributed by atoms with E-state index in [1.54, 1.807) is 0 Å². The molecule has 5 N–H and O–H groups in total. The monoisotopic (exact) mass is 365 g/mol. The van der Waals surface area contributed by atoms with Gasteiger partial charge in [-0.1, -0.05) is 30.3 Å². The normalized spacial score (nSPS) is 33.3. The van der Waals surface area contributed by atoms with Gasteiger partial charge in [0.1, 0.15) is 23.9 Å². The molecule has 5 rings (SSSR count). The van der Waals surface area contributed by atoms with Crippen molar-refractivity contribution < 1.29 is 10.2 Å². The molecule has 1 spiro atoms. The standard InChI is InChI=1S/C20H23N5O2/c21-18-13-6-7-25(19(13)24-11-23-18)15-9-20(17(27)16(15)26)8-14(22-10-20)12-4-2-1-3-5-12/h1-7,11,14-17,22,26-27H,8-10H2,(H2,21,23,24)/t14-,15-,16+,17+,20+/m1/s1. The summed E-state index contributed by atoms with van der Waals surface area (Å²) in [5, 5.41) is 26.1. The summed E-state index contributed by atoms with van der Waals surface area (Å²) in [6, 6.07) is 12.1. The minimum absolute atomic E-state index is 0.186. The molecule has 1 saturated carbocycles. The lowest BCUT2D eigenvalue weighted by Gasteiger charge is -2.27. The average molecular weight is 365 g/mol. The maximum Gasteiger partial charge on any atom is 0.145 e. The molecule has 0 amide bonds. The molecule has 1 aliphatic heterocycles. The van der Waals surface area contributed by atoms with Crippen molar-refractivity contribution in [2.45, 2.75) is 37.1 Å². The molecule has 7 heteroatoms. The van der Waals surface area contributed by atoms with E-state index >= 15 is 0 Å². The van der Waals surface area contributed by atoms with Gasteiger partial charge in [-0.05, 0) is 24.5 Å². The third-order valence-corrected chi connectivity index (χ3v) is 6.37. The van der Waals surface area contributed by atoms with Crippen LogP contribution in [0.1, 0.15) is 30.5 Å². The van der Waals surface area contributed by atoms with Crippen molar-refractivity contribution in [2.24, 2.45) is 5.41 Å². The molecule has 0 bridgehead atoms. The van der Waals surface area contributed by atoms with Crippen LogP contribution in [0.25, 0.3) is 11.0 Å². The SMILES string of the molecule is Nc1ncnc2c1ccn2[C@@H]1C[C@@]2(CN[C@@H](c3ccccc3)C2)[C@@H](O)[C@H]1O. The first-order chi connectivity index (χ1) is 13.1. The number of aliphatic hydroxyl groups excluding tert-OH is 2. The van der Waals surface area contributed by atoms with Crippen molar-refractivity contribution >= 4 is 16.9 Å². The molecule has 2 aromatic heterocycles. The number of hydrogen-bond acceptors (Lipinski definition) is 6. The second-order valence-electron chi connectivity index (χ2n) is 7.84.